The molecule has 0 radical (unpaired) electrons. The Morgan fingerprint density at radius 1 is 0.486 bits per heavy atom. The van der Waals surface area contributed by atoms with Gasteiger partial charge < -0.3 is 0 Å². The molecule has 0 aliphatic carbocycles. The third-order valence-electron chi connectivity index (χ3n) is 6.45. The van der Waals surface area contributed by atoms with E-state index in [2.05, 4.69) is 32.0 Å². The first kappa shape index (κ1) is 22.2. The molecule has 2 aliphatic rings. The van der Waals surface area contributed by atoms with Crippen molar-refractivity contribution >= 4 is 35.0 Å². The zero-order chi connectivity index (χ0) is 24.7. The van der Waals surface area contributed by atoms with E-state index in [1.165, 1.54) is 35.4 Å². The molecule has 6 heteroatoms. The molecule has 0 aromatic heterocycles. The highest BCUT2D eigenvalue weighted by molar-refractivity contribution is 6.28. The summed E-state index contributed by atoms with van der Waals surface area (Å²) in [6, 6.07) is 21.1. The molecule has 0 N–H and O–H groups in total. The Bertz CT molecular complexity index is 1310. The fraction of sp³-hybridized carbons (Fsp3) is 0.103. The predicted octanol–water partition coefficient (Wildman–Crippen LogP) is 4.34. The summed E-state index contributed by atoms with van der Waals surface area (Å²) < 4.78 is 0. The van der Waals surface area contributed by atoms with Crippen LogP contribution in [-0.4, -0.2) is 23.6 Å². The summed E-state index contributed by atoms with van der Waals surface area (Å²) in [5.41, 5.74) is 6.43. The lowest BCUT2D eigenvalue weighted by Gasteiger charge is -2.22. The van der Waals surface area contributed by atoms with Crippen LogP contribution in [0.4, 0.5) is 11.4 Å². The fourth-order valence-electron chi connectivity index (χ4n) is 4.46. The molecule has 0 bridgehead atoms. The molecule has 0 saturated heterocycles. The molecule has 5 rings (SSSR count). The van der Waals surface area contributed by atoms with Crippen molar-refractivity contribution in [1.29, 1.82) is 0 Å². The van der Waals surface area contributed by atoms with Crippen molar-refractivity contribution < 1.29 is 19.2 Å². The lowest BCUT2D eigenvalue weighted by molar-refractivity contribution is -0.121. The summed E-state index contributed by atoms with van der Waals surface area (Å²) in [5.74, 6) is -1.56. The Labute approximate surface area is 202 Å². The summed E-state index contributed by atoms with van der Waals surface area (Å²) in [7, 11) is 0. The molecule has 172 valence electrons. The van der Waals surface area contributed by atoms with Crippen molar-refractivity contribution in [2.75, 3.05) is 9.80 Å². The Morgan fingerprint density at radius 3 is 1.23 bits per heavy atom. The summed E-state index contributed by atoms with van der Waals surface area (Å²) in [5, 5.41) is 0. The molecule has 3 aromatic carbocycles. The standard InChI is InChI=1S/C29H22N2O4/c1-18-3-4-22(17-19(18)2)29(20-5-9-23(10-6-20)30-25(32)13-14-26(30)33)21-7-11-24(12-8-21)31-27(34)15-16-28(31)35/h3-17,29H,1-2H3. The Kier molecular flexibility index (Phi) is 5.49. The van der Waals surface area contributed by atoms with Crippen LogP contribution >= 0.6 is 0 Å². The predicted molar refractivity (Wildman–Crippen MR) is 133 cm³/mol. The van der Waals surface area contributed by atoms with Crippen molar-refractivity contribution in [2.24, 2.45) is 0 Å². The first-order valence-electron chi connectivity index (χ1n) is 11.2. The highest BCUT2D eigenvalue weighted by atomic mass is 16.2. The van der Waals surface area contributed by atoms with Crippen LogP contribution in [-0.2, 0) is 19.2 Å². The normalized spacial score (nSPS) is 15.3. The van der Waals surface area contributed by atoms with Crippen LogP contribution in [0.3, 0.4) is 0 Å². The second kappa shape index (κ2) is 8.65. The number of carbonyl (C=O) groups is 4. The van der Waals surface area contributed by atoms with Gasteiger partial charge >= 0.3 is 0 Å². The number of anilines is 2. The molecule has 2 heterocycles. The van der Waals surface area contributed by atoms with Crippen molar-refractivity contribution in [2.45, 2.75) is 19.8 Å². The molecule has 4 amide bonds. The zero-order valence-electron chi connectivity index (χ0n) is 19.3. The van der Waals surface area contributed by atoms with Gasteiger partial charge in [-0.1, -0.05) is 42.5 Å². The summed E-state index contributed by atoms with van der Waals surface area (Å²) in [6.45, 7) is 4.13. The van der Waals surface area contributed by atoms with E-state index >= 15 is 0 Å². The third kappa shape index (κ3) is 3.99. The van der Waals surface area contributed by atoms with E-state index in [9.17, 15) is 19.2 Å². The second-order valence-electron chi connectivity index (χ2n) is 8.65. The van der Waals surface area contributed by atoms with Crippen molar-refractivity contribution in [3.8, 4) is 0 Å². The van der Waals surface area contributed by atoms with Crippen LogP contribution in [0.15, 0.2) is 91.0 Å². The minimum absolute atomic E-state index is 0.136. The van der Waals surface area contributed by atoms with Crippen LogP contribution in [0.1, 0.15) is 33.7 Å². The molecule has 6 nitrogen and oxygen atoms in total. The van der Waals surface area contributed by atoms with Gasteiger partial charge in [-0.2, -0.15) is 0 Å². The molecule has 0 saturated carbocycles. The molecular weight excluding hydrogens is 440 g/mol. The minimum Gasteiger partial charge on any atom is -0.269 e. The quantitative estimate of drug-likeness (QED) is 0.418. The third-order valence-corrected chi connectivity index (χ3v) is 6.45. The number of amides is 4. The van der Waals surface area contributed by atoms with E-state index in [0.717, 1.165) is 26.5 Å². The maximum atomic E-state index is 12.1. The topological polar surface area (TPSA) is 74.8 Å². The van der Waals surface area contributed by atoms with Gasteiger partial charge in [0.1, 0.15) is 0 Å². The van der Waals surface area contributed by atoms with Crippen molar-refractivity contribution in [3.63, 3.8) is 0 Å². The van der Waals surface area contributed by atoms with Gasteiger partial charge in [-0.05, 0) is 65.9 Å². The van der Waals surface area contributed by atoms with E-state index in [1.54, 1.807) is 24.3 Å². The minimum atomic E-state index is -0.357. The van der Waals surface area contributed by atoms with Crippen LogP contribution < -0.4 is 9.80 Å². The first-order valence-corrected chi connectivity index (χ1v) is 11.2. The number of hydrogen-bond donors (Lipinski definition) is 0. The molecule has 0 atom stereocenters. The van der Waals surface area contributed by atoms with Gasteiger partial charge in [-0.25, -0.2) is 9.80 Å². The Hall–Kier alpha value is -4.58. The average molecular weight is 463 g/mol. The van der Waals surface area contributed by atoms with Gasteiger partial charge in [0.25, 0.3) is 23.6 Å². The van der Waals surface area contributed by atoms with Gasteiger partial charge in [0.05, 0.1) is 11.4 Å². The summed E-state index contributed by atoms with van der Waals surface area (Å²) >= 11 is 0. The van der Waals surface area contributed by atoms with Crippen LogP contribution in [0.2, 0.25) is 0 Å². The second-order valence-corrected chi connectivity index (χ2v) is 8.65. The number of carbonyl (C=O) groups excluding carboxylic acids is 4. The largest absolute Gasteiger partial charge is 0.269 e. The van der Waals surface area contributed by atoms with E-state index < -0.39 is 0 Å². The number of benzene rings is 3. The lowest BCUT2D eigenvalue weighted by atomic mass is 9.84. The SMILES string of the molecule is Cc1ccc(C(c2ccc(N3C(=O)C=CC3=O)cc2)c2ccc(N3C(=O)C=CC3=O)cc2)cc1C. The maximum absolute atomic E-state index is 12.1. The lowest BCUT2D eigenvalue weighted by Crippen LogP contribution is -2.29. The van der Waals surface area contributed by atoms with E-state index in [4.69, 9.17) is 0 Å². The zero-order valence-corrected chi connectivity index (χ0v) is 19.3. The van der Waals surface area contributed by atoms with Crippen molar-refractivity contribution in [3.05, 3.63) is 119 Å². The number of nitrogens with zero attached hydrogens (tertiary/aromatic N) is 2. The van der Waals surface area contributed by atoms with E-state index in [0.29, 0.717) is 11.4 Å². The average Bonchev–Trinajstić information content (AvgIpc) is 3.37. The molecule has 3 aromatic rings. The monoisotopic (exact) mass is 462 g/mol. The Balaban J connectivity index is 1.53. The van der Waals surface area contributed by atoms with Crippen molar-refractivity contribution in [1.82, 2.24) is 0 Å². The highest BCUT2D eigenvalue weighted by Gasteiger charge is 2.27. The molecule has 0 unspecified atom stereocenters. The maximum Gasteiger partial charge on any atom is 0.258 e. The van der Waals surface area contributed by atoms with Crippen LogP contribution in [0, 0.1) is 13.8 Å². The first-order chi connectivity index (χ1) is 16.8. The molecular formula is C29H22N2O4. The summed E-state index contributed by atoms with van der Waals surface area (Å²) in [6.07, 6.45) is 5.06. The summed E-state index contributed by atoms with van der Waals surface area (Å²) in [4.78, 5) is 50.5. The molecule has 0 fully saturated rings. The molecule has 2 aliphatic heterocycles. The number of imide groups is 2. The fourth-order valence-corrected chi connectivity index (χ4v) is 4.46. The van der Waals surface area contributed by atoms with E-state index in [1.807, 2.05) is 24.3 Å². The number of hydrogen-bond acceptors (Lipinski definition) is 4. The van der Waals surface area contributed by atoms with Crippen LogP contribution in [0.5, 0.6) is 0 Å². The van der Waals surface area contributed by atoms with E-state index in [-0.39, 0.29) is 29.5 Å². The Morgan fingerprint density at radius 2 is 0.857 bits per heavy atom. The number of aryl methyl sites for hydroxylation is 2. The highest BCUT2D eigenvalue weighted by Crippen LogP contribution is 2.35. The van der Waals surface area contributed by atoms with Gasteiger partial charge in [0, 0.05) is 30.2 Å². The van der Waals surface area contributed by atoms with Gasteiger partial charge in [-0.15, -0.1) is 0 Å². The van der Waals surface area contributed by atoms with Gasteiger partial charge in [0.15, 0.2) is 0 Å². The smallest absolute Gasteiger partial charge is 0.258 e. The van der Waals surface area contributed by atoms with Gasteiger partial charge in [0.2, 0.25) is 0 Å². The molecule has 0 spiro atoms. The van der Waals surface area contributed by atoms with Crippen LogP contribution in [0.25, 0.3) is 0 Å². The number of rotatable bonds is 5. The van der Waals surface area contributed by atoms with Gasteiger partial charge in [-0.3, -0.25) is 19.2 Å². The molecule has 35 heavy (non-hydrogen) atoms.